The lowest BCUT2D eigenvalue weighted by molar-refractivity contribution is 0.809. The summed E-state index contributed by atoms with van der Waals surface area (Å²) >= 11 is 1.48. The zero-order valence-corrected chi connectivity index (χ0v) is 12.3. The molecule has 0 saturated carbocycles. The second-order valence-electron chi connectivity index (χ2n) is 4.50. The zero-order valence-electron chi connectivity index (χ0n) is 11.5. The summed E-state index contributed by atoms with van der Waals surface area (Å²) in [6, 6.07) is 8.00. The topological polar surface area (TPSA) is 55.0 Å². The van der Waals surface area contributed by atoms with Gasteiger partial charge in [0.25, 0.3) is 0 Å². The van der Waals surface area contributed by atoms with E-state index in [1.54, 1.807) is 0 Å². The summed E-state index contributed by atoms with van der Waals surface area (Å²) in [6.07, 6.45) is 2.04. The SMILES string of the molecule is CCCc1nsc(N(CC)Cc2ccc(N)cc2)n1. The lowest BCUT2D eigenvalue weighted by Crippen LogP contribution is -2.21. The molecule has 0 unspecified atom stereocenters. The monoisotopic (exact) mass is 276 g/mol. The molecule has 0 aliphatic carbocycles. The van der Waals surface area contributed by atoms with E-state index in [1.807, 2.05) is 12.1 Å². The van der Waals surface area contributed by atoms with Gasteiger partial charge in [-0.2, -0.15) is 4.37 Å². The summed E-state index contributed by atoms with van der Waals surface area (Å²) in [5.41, 5.74) is 7.74. The fourth-order valence-electron chi connectivity index (χ4n) is 1.86. The first-order chi connectivity index (χ1) is 9.22. The molecule has 2 rings (SSSR count). The van der Waals surface area contributed by atoms with Crippen molar-refractivity contribution in [2.75, 3.05) is 17.2 Å². The third-order valence-corrected chi connectivity index (χ3v) is 3.75. The predicted octanol–water partition coefficient (Wildman–Crippen LogP) is 3.10. The van der Waals surface area contributed by atoms with Crippen LogP contribution in [0.15, 0.2) is 24.3 Å². The number of hydrogen-bond acceptors (Lipinski definition) is 5. The Hall–Kier alpha value is -1.62. The smallest absolute Gasteiger partial charge is 0.205 e. The molecule has 1 aromatic carbocycles. The highest BCUT2D eigenvalue weighted by molar-refractivity contribution is 7.09. The largest absolute Gasteiger partial charge is 0.399 e. The molecule has 0 fully saturated rings. The average molecular weight is 276 g/mol. The van der Waals surface area contributed by atoms with E-state index in [2.05, 4.69) is 40.2 Å². The van der Waals surface area contributed by atoms with Gasteiger partial charge in [-0.05, 0) is 31.0 Å². The van der Waals surface area contributed by atoms with Crippen LogP contribution in [0.5, 0.6) is 0 Å². The van der Waals surface area contributed by atoms with Crippen LogP contribution in [-0.2, 0) is 13.0 Å². The van der Waals surface area contributed by atoms with E-state index in [-0.39, 0.29) is 0 Å². The van der Waals surface area contributed by atoms with Gasteiger partial charge in [-0.1, -0.05) is 19.1 Å². The van der Waals surface area contributed by atoms with Gasteiger partial charge in [-0.15, -0.1) is 0 Å². The number of aromatic nitrogens is 2. The quantitative estimate of drug-likeness (QED) is 0.824. The third-order valence-electron chi connectivity index (χ3n) is 2.94. The molecular weight excluding hydrogens is 256 g/mol. The van der Waals surface area contributed by atoms with Crippen LogP contribution in [0.25, 0.3) is 0 Å². The van der Waals surface area contributed by atoms with Gasteiger partial charge in [-0.25, -0.2) is 4.98 Å². The Bertz CT molecular complexity index is 506. The molecule has 102 valence electrons. The fourth-order valence-corrected chi connectivity index (χ4v) is 2.63. The maximum atomic E-state index is 5.70. The van der Waals surface area contributed by atoms with Crippen molar-refractivity contribution in [1.29, 1.82) is 0 Å². The van der Waals surface area contributed by atoms with E-state index in [1.165, 1.54) is 17.1 Å². The molecule has 4 nitrogen and oxygen atoms in total. The first kappa shape index (κ1) is 13.8. The number of hydrogen-bond donors (Lipinski definition) is 1. The first-order valence-electron chi connectivity index (χ1n) is 6.64. The van der Waals surface area contributed by atoms with Gasteiger partial charge >= 0.3 is 0 Å². The van der Waals surface area contributed by atoms with Crippen LogP contribution in [0.2, 0.25) is 0 Å². The number of nitrogens with two attached hydrogens (primary N) is 1. The Kier molecular flexibility index (Phi) is 4.74. The van der Waals surface area contributed by atoms with E-state index < -0.39 is 0 Å². The Balaban J connectivity index is 2.08. The summed E-state index contributed by atoms with van der Waals surface area (Å²) in [6.45, 7) is 6.05. The molecule has 0 saturated heterocycles. The van der Waals surface area contributed by atoms with Crippen molar-refractivity contribution in [2.45, 2.75) is 33.2 Å². The number of aryl methyl sites for hydroxylation is 1. The highest BCUT2D eigenvalue weighted by Gasteiger charge is 2.11. The molecule has 0 radical (unpaired) electrons. The zero-order chi connectivity index (χ0) is 13.7. The van der Waals surface area contributed by atoms with E-state index in [0.29, 0.717) is 0 Å². The van der Waals surface area contributed by atoms with Crippen LogP contribution < -0.4 is 10.6 Å². The van der Waals surface area contributed by atoms with Crippen LogP contribution in [0.4, 0.5) is 10.8 Å². The van der Waals surface area contributed by atoms with Gasteiger partial charge in [0.2, 0.25) is 5.13 Å². The fraction of sp³-hybridized carbons (Fsp3) is 0.429. The van der Waals surface area contributed by atoms with Gasteiger partial charge < -0.3 is 10.6 Å². The maximum absolute atomic E-state index is 5.70. The van der Waals surface area contributed by atoms with Crippen molar-refractivity contribution in [3.05, 3.63) is 35.7 Å². The molecule has 0 bridgehead atoms. The summed E-state index contributed by atoms with van der Waals surface area (Å²) in [5, 5.41) is 1.00. The number of benzene rings is 1. The number of anilines is 2. The number of nitrogens with zero attached hydrogens (tertiary/aromatic N) is 3. The maximum Gasteiger partial charge on any atom is 0.205 e. The molecule has 2 N–H and O–H groups in total. The van der Waals surface area contributed by atoms with Crippen LogP contribution in [0.3, 0.4) is 0 Å². The van der Waals surface area contributed by atoms with Gasteiger partial charge in [0.05, 0.1) is 0 Å². The molecule has 19 heavy (non-hydrogen) atoms. The molecule has 0 aliphatic rings. The van der Waals surface area contributed by atoms with Gasteiger partial charge in [0.15, 0.2) is 0 Å². The highest BCUT2D eigenvalue weighted by Crippen LogP contribution is 2.20. The first-order valence-corrected chi connectivity index (χ1v) is 7.42. The molecule has 0 aliphatic heterocycles. The van der Waals surface area contributed by atoms with E-state index >= 15 is 0 Å². The van der Waals surface area contributed by atoms with Crippen molar-refractivity contribution in [1.82, 2.24) is 9.36 Å². The van der Waals surface area contributed by atoms with Crippen molar-refractivity contribution in [2.24, 2.45) is 0 Å². The molecule has 1 aromatic heterocycles. The van der Waals surface area contributed by atoms with Crippen molar-refractivity contribution in [3.8, 4) is 0 Å². The van der Waals surface area contributed by atoms with Crippen molar-refractivity contribution in [3.63, 3.8) is 0 Å². The molecule has 0 amide bonds. The standard InChI is InChI=1S/C14H20N4S/c1-3-5-13-16-14(19-17-13)18(4-2)10-11-6-8-12(15)9-7-11/h6-9H,3-5,10,15H2,1-2H3. The molecule has 2 aromatic rings. The van der Waals surface area contributed by atoms with Crippen molar-refractivity contribution < 1.29 is 0 Å². The minimum atomic E-state index is 0.799. The normalized spacial score (nSPS) is 10.6. The Morgan fingerprint density at radius 1 is 1.21 bits per heavy atom. The van der Waals surface area contributed by atoms with Gasteiger partial charge in [-0.3, -0.25) is 0 Å². The summed E-state index contributed by atoms with van der Waals surface area (Å²) in [4.78, 5) is 6.83. The van der Waals surface area contributed by atoms with Crippen LogP contribution >= 0.6 is 11.5 Å². The second kappa shape index (κ2) is 6.52. The molecular formula is C14H20N4S. The lowest BCUT2D eigenvalue weighted by Gasteiger charge is -2.19. The highest BCUT2D eigenvalue weighted by atomic mass is 32.1. The van der Waals surface area contributed by atoms with E-state index in [0.717, 1.165) is 42.6 Å². The van der Waals surface area contributed by atoms with E-state index in [4.69, 9.17) is 5.73 Å². The molecule has 0 atom stereocenters. The Labute approximate surface area is 118 Å². The van der Waals surface area contributed by atoms with Gasteiger partial charge in [0, 0.05) is 36.7 Å². The number of rotatable bonds is 6. The molecule has 0 spiro atoms. The minimum absolute atomic E-state index is 0.799. The molecule has 5 heteroatoms. The van der Waals surface area contributed by atoms with Crippen molar-refractivity contribution >= 4 is 22.4 Å². The van der Waals surface area contributed by atoms with Crippen LogP contribution in [0.1, 0.15) is 31.7 Å². The Morgan fingerprint density at radius 3 is 2.58 bits per heavy atom. The van der Waals surface area contributed by atoms with Gasteiger partial charge in [0.1, 0.15) is 5.82 Å². The third kappa shape index (κ3) is 3.67. The average Bonchev–Trinajstić information content (AvgIpc) is 2.87. The van der Waals surface area contributed by atoms with Crippen LogP contribution in [0, 0.1) is 0 Å². The predicted molar refractivity (Wildman–Crippen MR) is 81.5 cm³/mol. The van der Waals surface area contributed by atoms with Crippen LogP contribution in [-0.4, -0.2) is 15.9 Å². The molecule has 1 heterocycles. The lowest BCUT2D eigenvalue weighted by atomic mass is 10.2. The number of nitrogen functional groups attached to an aromatic ring is 1. The summed E-state index contributed by atoms with van der Waals surface area (Å²) in [7, 11) is 0. The van der Waals surface area contributed by atoms with E-state index in [9.17, 15) is 0 Å². The summed E-state index contributed by atoms with van der Waals surface area (Å²) in [5.74, 6) is 0.957. The Morgan fingerprint density at radius 2 is 1.95 bits per heavy atom. The summed E-state index contributed by atoms with van der Waals surface area (Å²) < 4.78 is 4.40. The second-order valence-corrected chi connectivity index (χ2v) is 5.23. The minimum Gasteiger partial charge on any atom is -0.399 e.